The van der Waals surface area contributed by atoms with Gasteiger partial charge in [-0.3, -0.25) is 0 Å². The molecule has 1 N–H and O–H groups in total. The molecule has 3 unspecified atom stereocenters. The average Bonchev–Trinajstić information content (AvgIpc) is 2.68. The van der Waals surface area contributed by atoms with Crippen LogP contribution in [0.1, 0.15) is 13.3 Å². The third kappa shape index (κ3) is 1.24. The molecule has 0 aromatic rings. The first kappa shape index (κ1) is 10.9. The summed E-state index contributed by atoms with van der Waals surface area (Å²) >= 11 is 0. The molecule has 0 saturated heterocycles. The first-order valence-corrected chi connectivity index (χ1v) is 5.28. The summed E-state index contributed by atoms with van der Waals surface area (Å²) in [4.78, 5) is 0. The monoisotopic (exact) mass is 210 g/mol. The van der Waals surface area contributed by atoms with Gasteiger partial charge in [0, 0.05) is 20.1 Å². The van der Waals surface area contributed by atoms with Gasteiger partial charge in [-0.05, 0) is 13.3 Å². The zero-order valence-corrected chi connectivity index (χ0v) is 9.43. The number of rotatable bonds is 3. The molecule has 84 valence electrons. The molecule has 0 spiro atoms. The molecule has 3 heteroatoms. The highest BCUT2D eigenvalue weighted by molar-refractivity contribution is 5.29. The first-order valence-electron chi connectivity index (χ1n) is 5.28. The minimum absolute atomic E-state index is 0.110. The highest BCUT2D eigenvalue weighted by atomic mass is 16.7. The molecule has 2 rings (SSSR count). The van der Waals surface area contributed by atoms with E-state index in [0.29, 0.717) is 6.42 Å². The lowest BCUT2D eigenvalue weighted by molar-refractivity contribution is -0.237. The number of aliphatic hydroxyl groups is 1. The van der Waals surface area contributed by atoms with E-state index in [9.17, 15) is 5.11 Å². The van der Waals surface area contributed by atoms with Crippen LogP contribution in [-0.4, -0.2) is 30.7 Å². The molecule has 0 heterocycles. The van der Waals surface area contributed by atoms with Gasteiger partial charge in [0.2, 0.25) is 0 Å². The van der Waals surface area contributed by atoms with Gasteiger partial charge in [0.25, 0.3) is 0 Å². The van der Waals surface area contributed by atoms with Gasteiger partial charge in [-0.15, -0.1) is 0 Å². The van der Waals surface area contributed by atoms with E-state index in [4.69, 9.17) is 9.47 Å². The lowest BCUT2D eigenvalue weighted by Gasteiger charge is -2.34. The van der Waals surface area contributed by atoms with Crippen LogP contribution in [0.2, 0.25) is 0 Å². The highest BCUT2D eigenvalue weighted by Crippen LogP contribution is 2.55. The van der Waals surface area contributed by atoms with Crippen molar-refractivity contribution in [1.82, 2.24) is 0 Å². The Morgan fingerprint density at radius 1 is 1.33 bits per heavy atom. The second-order valence-electron chi connectivity index (χ2n) is 4.29. The molecule has 0 aliphatic heterocycles. The Kier molecular flexibility index (Phi) is 2.49. The van der Waals surface area contributed by atoms with E-state index in [0.717, 1.165) is 0 Å². The number of hydrogen-bond donors (Lipinski definition) is 1. The Morgan fingerprint density at radius 3 is 2.47 bits per heavy atom. The minimum Gasteiger partial charge on any atom is -0.385 e. The molecule has 1 saturated carbocycles. The maximum absolute atomic E-state index is 10.5. The van der Waals surface area contributed by atoms with Gasteiger partial charge in [-0.25, -0.2) is 0 Å². The van der Waals surface area contributed by atoms with Crippen molar-refractivity contribution in [1.29, 1.82) is 0 Å². The largest absolute Gasteiger partial charge is 0.385 e. The van der Waals surface area contributed by atoms with Gasteiger partial charge in [0.15, 0.2) is 5.79 Å². The fraction of sp³-hybridized carbons (Fsp3) is 0.667. The summed E-state index contributed by atoms with van der Waals surface area (Å²) in [5.41, 5.74) is -0.819. The van der Waals surface area contributed by atoms with Crippen molar-refractivity contribution < 1.29 is 14.6 Å². The van der Waals surface area contributed by atoms with Gasteiger partial charge < -0.3 is 14.6 Å². The number of allylic oxidation sites excluding steroid dienone is 1. The van der Waals surface area contributed by atoms with Crippen LogP contribution in [-0.2, 0) is 9.47 Å². The van der Waals surface area contributed by atoms with Crippen molar-refractivity contribution in [3.05, 3.63) is 24.3 Å². The van der Waals surface area contributed by atoms with E-state index in [2.05, 4.69) is 6.08 Å². The fourth-order valence-electron chi connectivity index (χ4n) is 3.05. The summed E-state index contributed by atoms with van der Waals surface area (Å²) in [7, 11) is 3.27. The van der Waals surface area contributed by atoms with E-state index in [1.807, 2.05) is 25.2 Å². The summed E-state index contributed by atoms with van der Waals surface area (Å²) in [6.45, 7) is 1.91. The SMILES string of the molecule is C/C=C/C1(O)CC2C=CC1C2(OC)OC. The average molecular weight is 210 g/mol. The molecule has 0 aromatic heterocycles. The van der Waals surface area contributed by atoms with Gasteiger partial charge >= 0.3 is 0 Å². The number of hydrogen-bond acceptors (Lipinski definition) is 3. The number of ether oxygens (including phenoxy) is 2. The molecular formula is C12H18O3. The van der Waals surface area contributed by atoms with E-state index >= 15 is 0 Å². The van der Waals surface area contributed by atoms with Crippen LogP contribution in [0.25, 0.3) is 0 Å². The van der Waals surface area contributed by atoms with E-state index in [1.165, 1.54) is 0 Å². The van der Waals surface area contributed by atoms with Crippen LogP contribution < -0.4 is 0 Å². The summed E-state index contributed by atoms with van der Waals surface area (Å²) in [5.74, 6) is -0.645. The van der Waals surface area contributed by atoms with Crippen LogP contribution >= 0.6 is 0 Å². The zero-order chi connectivity index (χ0) is 11.1. The van der Waals surface area contributed by atoms with Crippen molar-refractivity contribution in [2.75, 3.05) is 14.2 Å². The maximum Gasteiger partial charge on any atom is 0.183 e. The molecule has 1 fully saturated rings. The standard InChI is InChI=1S/C12H18O3/c1-4-7-11(13)8-9-5-6-10(11)12(9,14-2)15-3/h4-7,9-10,13H,8H2,1-3H3/b7-4+. The topological polar surface area (TPSA) is 38.7 Å². The molecule has 15 heavy (non-hydrogen) atoms. The fourth-order valence-corrected chi connectivity index (χ4v) is 3.05. The smallest absolute Gasteiger partial charge is 0.183 e. The van der Waals surface area contributed by atoms with Gasteiger partial charge in [-0.1, -0.05) is 24.3 Å². The molecule has 0 radical (unpaired) electrons. The maximum atomic E-state index is 10.5. The third-order valence-corrected chi connectivity index (χ3v) is 3.66. The van der Waals surface area contributed by atoms with Crippen molar-refractivity contribution >= 4 is 0 Å². The van der Waals surface area contributed by atoms with Gasteiger partial charge in [0.05, 0.1) is 11.5 Å². The quantitative estimate of drug-likeness (QED) is 0.566. The minimum atomic E-state index is -0.819. The zero-order valence-electron chi connectivity index (χ0n) is 9.43. The normalized spacial score (nSPS) is 41.9. The molecule has 3 nitrogen and oxygen atoms in total. The molecule has 2 aliphatic rings. The summed E-state index contributed by atoms with van der Waals surface area (Å²) in [5, 5.41) is 10.5. The van der Waals surface area contributed by atoms with E-state index < -0.39 is 11.4 Å². The summed E-state index contributed by atoms with van der Waals surface area (Å²) in [6.07, 6.45) is 8.47. The Balaban J connectivity index is 2.37. The highest BCUT2D eigenvalue weighted by Gasteiger charge is 2.63. The van der Waals surface area contributed by atoms with Crippen molar-refractivity contribution in [2.45, 2.75) is 24.7 Å². The number of methoxy groups -OCH3 is 2. The predicted octanol–water partition coefficient (Wildman–Crippen LogP) is 1.49. The predicted molar refractivity (Wildman–Crippen MR) is 57.2 cm³/mol. The molecule has 3 atom stereocenters. The van der Waals surface area contributed by atoms with E-state index in [-0.39, 0.29) is 11.8 Å². The summed E-state index contributed by atoms with van der Waals surface area (Å²) in [6, 6.07) is 0. The van der Waals surface area contributed by atoms with Crippen LogP contribution in [0.3, 0.4) is 0 Å². The second kappa shape index (κ2) is 3.44. The molecule has 0 amide bonds. The van der Waals surface area contributed by atoms with E-state index in [1.54, 1.807) is 14.2 Å². The van der Waals surface area contributed by atoms with Crippen LogP contribution in [0.5, 0.6) is 0 Å². The van der Waals surface area contributed by atoms with Crippen molar-refractivity contribution in [3.63, 3.8) is 0 Å². The third-order valence-electron chi connectivity index (χ3n) is 3.66. The van der Waals surface area contributed by atoms with Crippen molar-refractivity contribution in [3.8, 4) is 0 Å². The number of fused-ring (bicyclic) bond motifs is 2. The Morgan fingerprint density at radius 2 is 2.00 bits per heavy atom. The van der Waals surface area contributed by atoms with Crippen LogP contribution in [0.4, 0.5) is 0 Å². The molecule has 2 aliphatic carbocycles. The van der Waals surface area contributed by atoms with Gasteiger partial charge in [0.1, 0.15) is 0 Å². The lowest BCUT2D eigenvalue weighted by Crippen LogP contribution is -2.44. The Labute approximate surface area is 90.4 Å². The van der Waals surface area contributed by atoms with Crippen LogP contribution in [0, 0.1) is 11.8 Å². The van der Waals surface area contributed by atoms with Crippen molar-refractivity contribution in [2.24, 2.45) is 11.8 Å². The summed E-state index contributed by atoms with van der Waals surface area (Å²) < 4.78 is 11.0. The van der Waals surface area contributed by atoms with Crippen LogP contribution in [0.15, 0.2) is 24.3 Å². The lowest BCUT2D eigenvalue weighted by atomic mass is 9.87. The molecular weight excluding hydrogens is 192 g/mol. The second-order valence-corrected chi connectivity index (χ2v) is 4.29. The molecule has 2 bridgehead atoms. The first-order chi connectivity index (χ1) is 7.13. The molecule has 0 aromatic carbocycles. The van der Waals surface area contributed by atoms with Gasteiger partial charge in [-0.2, -0.15) is 0 Å². The Bertz CT molecular complexity index is 304. The Hall–Kier alpha value is -0.640.